The molecule has 4 rings (SSSR count). The molecule has 0 unspecified atom stereocenters. The van der Waals surface area contributed by atoms with Crippen LogP contribution in [0.2, 0.25) is 0 Å². The zero-order valence-corrected chi connectivity index (χ0v) is 19.3. The van der Waals surface area contributed by atoms with Gasteiger partial charge in [0.2, 0.25) is 5.82 Å². The molecule has 0 radical (unpaired) electrons. The number of nitrogens with zero attached hydrogens (tertiary/aromatic N) is 4. The number of aromatic nitrogens is 3. The summed E-state index contributed by atoms with van der Waals surface area (Å²) in [6, 6.07) is 9.40. The van der Waals surface area contributed by atoms with Crippen LogP contribution in [0, 0.1) is 0 Å². The summed E-state index contributed by atoms with van der Waals surface area (Å²) in [6.07, 6.45) is -2.78. The fourth-order valence-corrected chi connectivity index (χ4v) is 3.62. The number of rotatable bonds is 6. The predicted molar refractivity (Wildman–Crippen MR) is 123 cm³/mol. The Hall–Kier alpha value is -3.93. The summed E-state index contributed by atoms with van der Waals surface area (Å²) in [5.74, 6) is -1.75. The van der Waals surface area contributed by atoms with Crippen molar-refractivity contribution in [3.8, 4) is 0 Å². The zero-order chi connectivity index (χ0) is 25.3. The van der Waals surface area contributed by atoms with E-state index in [1.807, 2.05) is 13.8 Å². The van der Waals surface area contributed by atoms with Gasteiger partial charge in [-0.15, -0.1) is 0 Å². The second-order valence-electron chi connectivity index (χ2n) is 8.38. The highest BCUT2D eigenvalue weighted by atomic mass is 19.4. The van der Waals surface area contributed by atoms with Gasteiger partial charge in [0.15, 0.2) is 0 Å². The van der Waals surface area contributed by atoms with Crippen molar-refractivity contribution in [1.82, 2.24) is 30.6 Å². The van der Waals surface area contributed by atoms with Crippen LogP contribution in [0.25, 0.3) is 11.0 Å². The predicted octanol–water partition coefficient (Wildman–Crippen LogP) is 2.76. The van der Waals surface area contributed by atoms with Crippen molar-refractivity contribution in [1.29, 1.82) is 0 Å². The maximum Gasteiger partial charge on any atom is 0.449 e. The lowest BCUT2D eigenvalue weighted by molar-refractivity contribution is -0.146. The fraction of sp³-hybridized carbons (Fsp3) is 0.304. The lowest BCUT2D eigenvalue weighted by Gasteiger charge is -2.16. The summed E-state index contributed by atoms with van der Waals surface area (Å²) in [7, 11) is 1.33. The molecule has 184 valence electrons. The van der Waals surface area contributed by atoms with Crippen molar-refractivity contribution < 1.29 is 22.8 Å². The minimum Gasteiger partial charge on any atom is -0.349 e. The number of carbonyl (C=O) groups is 2. The Bertz CT molecular complexity index is 1310. The van der Waals surface area contributed by atoms with Crippen LogP contribution in [0.4, 0.5) is 18.9 Å². The summed E-state index contributed by atoms with van der Waals surface area (Å²) < 4.78 is 40.5. The molecule has 0 saturated carbocycles. The second-order valence-corrected chi connectivity index (χ2v) is 8.38. The first-order chi connectivity index (χ1) is 16.5. The lowest BCUT2D eigenvalue weighted by Crippen LogP contribution is -2.32. The third-order valence-electron chi connectivity index (χ3n) is 5.29. The number of pyridine rings is 1. The molecule has 1 aromatic carbocycles. The molecule has 2 aromatic heterocycles. The Morgan fingerprint density at radius 2 is 1.83 bits per heavy atom. The van der Waals surface area contributed by atoms with Crippen LogP contribution in [0.3, 0.4) is 0 Å². The first kappa shape index (κ1) is 24.2. The van der Waals surface area contributed by atoms with Crippen LogP contribution in [0.5, 0.6) is 0 Å². The molecule has 0 atom stereocenters. The normalized spacial score (nSPS) is 13.9. The second kappa shape index (κ2) is 9.37. The van der Waals surface area contributed by atoms with Crippen LogP contribution in [0.15, 0.2) is 48.2 Å². The van der Waals surface area contributed by atoms with Gasteiger partial charge >= 0.3 is 6.18 Å². The number of hydrogen-bond acceptors (Lipinski definition) is 6. The molecule has 0 saturated heterocycles. The number of nitrogens with one attached hydrogen (secondary N) is 3. The van der Waals surface area contributed by atoms with Crippen molar-refractivity contribution in [3.63, 3.8) is 0 Å². The quantitative estimate of drug-likeness (QED) is 0.494. The number of alkyl halides is 3. The van der Waals surface area contributed by atoms with Gasteiger partial charge in [-0.2, -0.15) is 13.2 Å². The minimum absolute atomic E-state index is 0.0585. The zero-order valence-electron chi connectivity index (χ0n) is 19.3. The van der Waals surface area contributed by atoms with Crippen LogP contribution >= 0.6 is 0 Å². The number of fused-ring (bicyclic) bond motifs is 1. The van der Waals surface area contributed by atoms with Gasteiger partial charge < -0.3 is 15.2 Å². The maximum absolute atomic E-state index is 13.1. The first-order valence-electron chi connectivity index (χ1n) is 10.8. The van der Waals surface area contributed by atoms with Gasteiger partial charge in [0, 0.05) is 32.4 Å². The monoisotopic (exact) mass is 487 g/mol. The maximum atomic E-state index is 13.1. The van der Waals surface area contributed by atoms with Gasteiger partial charge in [-0.05, 0) is 49.8 Å². The summed E-state index contributed by atoms with van der Waals surface area (Å²) in [4.78, 5) is 32.5. The van der Waals surface area contributed by atoms with Crippen LogP contribution in [0.1, 0.15) is 40.6 Å². The molecule has 9 nitrogen and oxygen atoms in total. The van der Waals surface area contributed by atoms with Gasteiger partial charge in [-0.1, -0.05) is 6.07 Å². The van der Waals surface area contributed by atoms with Gasteiger partial charge in [0.05, 0.1) is 16.7 Å². The van der Waals surface area contributed by atoms with Crippen molar-refractivity contribution in [2.24, 2.45) is 7.05 Å². The van der Waals surface area contributed by atoms with E-state index in [2.05, 4.69) is 26.0 Å². The molecule has 0 bridgehead atoms. The molecule has 12 heteroatoms. The topological polar surface area (TPSA) is 104 Å². The summed E-state index contributed by atoms with van der Waals surface area (Å²) >= 11 is 0. The third kappa shape index (κ3) is 5.27. The van der Waals surface area contributed by atoms with Crippen molar-refractivity contribution >= 4 is 28.5 Å². The van der Waals surface area contributed by atoms with Crippen LogP contribution < -0.4 is 21.1 Å². The van der Waals surface area contributed by atoms with Crippen molar-refractivity contribution in [3.05, 3.63) is 65.4 Å². The standard InChI is InChI=1S/C23H24F3N7O2/c1-13(2)29-21(35)18-6-4-5-17(30-18)20(34)27-10-14-11-28-33(12-14)15-7-8-16-19(9-15)32(3)22(31-16)23(24,25)26/h4-9,12-13,28H,10-11H2,1-3H3,(H,27,34)(H,29,35). The molecule has 0 spiro atoms. The largest absolute Gasteiger partial charge is 0.449 e. The molecule has 3 aromatic rings. The van der Waals surface area contributed by atoms with Crippen LogP contribution in [-0.2, 0) is 13.2 Å². The molecule has 2 amide bonds. The van der Waals surface area contributed by atoms with E-state index in [-0.39, 0.29) is 35.4 Å². The Balaban J connectivity index is 1.43. The average molecular weight is 487 g/mol. The van der Waals surface area contributed by atoms with E-state index in [0.29, 0.717) is 17.7 Å². The highest BCUT2D eigenvalue weighted by Crippen LogP contribution is 2.32. The van der Waals surface area contributed by atoms with Gasteiger partial charge in [-0.25, -0.2) is 15.4 Å². The molecule has 1 aliphatic rings. The molecular formula is C23H24F3N7O2. The Morgan fingerprint density at radius 1 is 1.11 bits per heavy atom. The molecule has 3 heterocycles. The molecule has 0 aliphatic carbocycles. The summed E-state index contributed by atoms with van der Waals surface area (Å²) in [5.41, 5.74) is 5.45. The Kier molecular flexibility index (Phi) is 6.48. The molecule has 0 fully saturated rings. The summed E-state index contributed by atoms with van der Waals surface area (Å²) in [5, 5.41) is 7.18. The lowest BCUT2D eigenvalue weighted by atomic mass is 10.2. The van der Waals surface area contributed by atoms with Crippen molar-refractivity contribution in [2.45, 2.75) is 26.1 Å². The number of imidazole rings is 1. The molecule has 3 N–H and O–H groups in total. The highest BCUT2D eigenvalue weighted by Gasteiger charge is 2.36. The molecular weight excluding hydrogens is 463 g/mol. The van der Waals surface area contributed by atoms with E-state index in [4.69, 9.17) is 0 Å². The fourth-order valence-electron chi connectivity index (χ4n) is 3.62. The van der Waals surface area contributed by atoms with Gasteiger partial charge in [-0.3, -0.25) is 14.6 Å². The Morgan fingerprint density at radius 3 is 2.51 bits per heavy atom. The smallest absolute Gasteiger partial charge is 0.349 e. The summed E-state index contributed by atoms with van der Waals surface area (Å²) in [6.45, 7) is 4.31. The average Bonchev–Trinajstić information content (AvgIpc) is 3.41. The number of aryl methyl sites for hydroxylation is 1. The van der Waals surface area contributed by atoms with Crippen molar-refractivity contribution in [2.75, 3.05) is 18.1 Å². The van der Waals surface area contributed by atoms with E-state index in [1.54, 1.807) is 29.4 Å². The van der Waals surface area contributed by atoms with E-state index in [9.17, 15) is 22.8 Å². The van der Waals surface area contributed by atoms with E-state index in [0.717, 1.165) is 10.1 Å². The number of hydrogen-bond donors (Lipinski definition) is 3. The SMILES string of the molecule is CC(C)NC(=O)c1cccc(C(=O)NCC2=CN(c3ccc4nc(C(F)(F)F)n(C)c4c3)NC2)n1. The molecule has 35 heavy (non-hydrogen) atoms. The van der Waals surface area contributed by atoms with Crippen LogP contribution in [-0.4, -0.2) is 45.5 Å². The number of hydrazine groups is 1. The number of halogens is 3. The number of amides is 2. The van der Waals surface area contributed by atoms with E-state index in [1.165, 1.54) is 25.2 Å². The molecule has 1 aliphatic heterocycles. The first-order valence-corrected chi connectivity index (χ1v) is 10.8. The van der Waals surface area contributed by atoms with Gasteiger partial charge in [0.1, 0.15) is 11.4 Å². The Labute approximate surface area is 199 Å². The number of anilines is 1. The van der Waals surface area contributed by atoms with Gasteiger partial charge in [0.25, 0.3) is 11.8 Å². The van der Waals surface area contributed by atoms with E-state index >= 15 is 0 Å². The number of benzene rings is 1. The van der Waals surface area contributed by atoms with E-state index < -0.39 is 17.9 Å². The highest BCUT2D eigenvalue weighted by molar-refractivity contribution is 5.96. The minimum atomic E-state index is -4.54. The number of carbonyl (C=O) groups excluding carboxylic acids is 2. The third-order valence-corrected chi connectivity index (χ3v) is 5.29.